The number of carboxylic acid groups (broad SMARTS) is 1. The van der Waals surface area contributed by atoms with E-state index >= 15 is 0 Å². The van der Waals surface area contributed by atoms with Gasteiger partial charge >= 0.3 is 12.1 Å². The predicted molar refractivity (Wildman–Crippen MR) is 96.7 cm³/mol. The topological polar surface area (TPSA) is 116 Å². The lowest BCUT2D eigenvalue weighted by atomic mass is 9.81. The van der Waals surface area contributed by atoms with Gasteiger partial charge < -0.3 is 20.6 Å². The third-order valence-electron chi connectivity index (χ3n) is 3.85. The molecule has 1 atom stereocenters. The van der Waals surface area contributed by atoms with Crippen LogP contribution in [0.1, 0.15) is 19.4 Å². The SMILES string of the molecule is CC(=O)C(NC(=O)N(C)C)(C(C)=O)C(C=Cc1ccccc1)NC(=O)O. The van der Waals surface area contributed by atoms with Crippen molar-refractivity contribution in [3.05, 3.63) is 42.0 Å². The van der Waals surface area contributed by atoms with Crippen molar-refractivity contribution >= 4 is 29.8 Å². The molecule has 0 aliphatic rings. The Balaban J connectivity index is 3.42. The van der Waals surface area contributed by atoms with E-state index in [4.69, 9.17) is 5.11 Å². The van der Waals surface area contributed by atoms with E-state index in [1.54, 1.807) is 30.3 Å². The van der Waals surface area contributed by atoms with Crippen LogP contribution in [0.4, 0.5) is 9.59 Å². The largest absolute Gasteiger partial charge is 0.465 e. The van der Waals surface area contributed by atoms with Crippen LogP contribution in [0.15, 0.2) is 36.4 Å². The first kappa shape index (κ1) is 20.9. The average molecular weight is 361 g/mol. The number of carbonyl (C=O) groups is 4. The summed E-state index contributed by atoms with van der Waals surface area (Å²) in [6.45, 7) is 2.26. The lowest BCUT2D eigenvalue weighted by Crippen LogP contribution is -2.70. The maximum Gasteiger partial charge on any atom is 0.405 e. The molecule has 1 aromatic carbocycles. The number of ketones is 2. The lowest BCUT2D eigenvalue weighted by molar-refractivity contribution is -0.134. The van der Waals surface area contributed by atoms with Crippen molar-refractivity contribution < 1.29 is 24.3 Å². The zero-order valence-electron chi connectivity index (χ0n) is 15.1. The van der Waals surface area contributed by atoms with E-state index in [2.05, 4.69) is 10.6 Å². The van der Waals surface area contributed by atoms with Crippen LogP contribution in [-0.2, 0) is 9.59 Å². The first-order valence-corrected chi connectivity index (χ1v) is 7.85. The van der Waals surface area contributed by atoms with Crippen LogP contribution < -0.4 is 10.6 Å². The Morgan fingerprint density at radius 1 is 1.08 bits per heavy atom. The van der Waals surface area contributed by atoms with E-state index in [0.29, 0.717) is 0 Å². The maximum absolute atomic E-state index is 12.4. The van der Waals surface area contributed by atoms with Crippen LogP contribution in [0, 0.1) is 0 Å². The summed E-state index contributed by atoms with van der Waals surface area (Å²) in [7, 11) is 2.89. The Hall–Kier alpha value is -3.16. The molecule has 0 aliphatic heterocycles. The molecule has 0 fully saturated rings. The van der Waals surface area contributed by atoms with Crippen LogP contribution in [0.5, 0.6) is 0 Å². The number of benzene rings is 1. The zero-order chi connectivity index (χ0) is 19.9. The fraction of sp³-hybridized carbons (Fsp3) is 0.333. The highest BCUT2D eigenvalue weighted by molar-refractivity contribution is 6.13. The second-order valence-electron chi connectivity index (χ2n) is 5.94. The molecule has 0 aliphatic carbocycles. The van der Waals surface area contributed by atoms with Crippen LogP contribution in [0.25, 0.3) is 6.08 Å². The number of amides is 3. The highest BCUT2D eigenvalue weighted by Gasteiger charge is 2.49. The van der Waals surface area contributed by atoms with Crippen LogP contribution >= 0.6 is 0 Å². The molecule has 26 heavy (non-hydrogen) atoms. The number of rotatable bonds is 7. The van der Waals surface area contributed by atoms with Crippen molar-refractivity contribution in [1.82, 2.24) is 15.5 Å². The molecule has 1 unspecified atom stereocenters. The molecule has 0 spiro atoms. The van der Waals surface area contributed by atoms with Crippen molar-refractivity contribution in [2.75, 3.05) is 14.1 Å². The molecule has 1 aromatic rings. The van der Waals surface area contributed by atoms with Crippen molar-refractivity contribution in [2.45, 2.75) is 25.4 Å². The summed E-state index contributed by atoms with van der Waals surface area (Å²) in [5.41, 5.74) is -1.32. The van der Waals surface area contributed by atoms with Crippen LogP contribution in [-0.4, -0.2) is 59.4 Å². The van der Waals surface area contributed by atoms with Crippen molar-refractivity contribution in [1.29, 1.82) is 0 Å². The lowest BCUT2D eigenvalue weighted by Gasteiger charge is -2.36. The van der Waals surface area contributed by atoms with Gasteiger partial charge in [0.05, 0.1) is 6.04 Å². The molecule has 1 rings (SSSR count). The Bertz CT molecular complexity index is 699. The Labute approximate surface area is 151 Å². The molecule has 0 saturated heterocycles. The van der Waals surface area contributed by atoms with Gasteiger partial charge in [0.15, 0.2) is 17.1 Å². The molecule has 0 heterocycles. The van der Waals surface area contributed by atoms with Gasteiger partial charge in [-0.05, 0) is 19.4 Å². The van der Waals surface area contributed by atoms with Gasteiger partial charge in [0.2, 0.25) is 0 Å². The Kier molecular flexibility index (Phi) is 7.06. The summed E-state index contributed by atoms with van der Waals surface area (Å²) in [4.78, 5) is 49.3. The summed E-state index contributed by atoms with van der Waals surface area (Å²) in [6.07, 6.45) is 1.52. The zero-order valence-corrected chi connectivity index (χ0v) is 15.1. The van der Waals surface area contributed by atoms with Gasteiger partial charge in [-0.1, -0.05) is 42.5 Å². The molecular formula is C18H23N3O5. The minimum Gasteiger partial charge on any atom is -0.465 e. The minimum absolute atomic E-state index is 0.684. The molecule has 8 heteroatoms. The summed E-state index contributed by atoms with van der Waals surface area (Å²) in [5.74, 6) is -1.37. The second kappa shape index (κ2) is 8.80. The normalized spacial score (nSPS) is 12.3. The smallest absolute Gasteiger partial charge is 0.405 e. The van der Waals surface area contributed by atoms with Crippen molar-refractivity contribution in [3.8, 4) is 0 Å². The monoisotopic (exact) mass is 361 g/mol. The van der Waals surface area contributed by atoms with Gasteiger partial charge in [-0.25, -0.2) is 9.59 Å². The summed E-state index contributed by atoms with van der Waals surface area (Å²) < 4.78 is 0. The van der Waals surface area contributed by atoms with E-state index in [0.717, 1.165) is 24.3 Å². The minimum atomic E-state index is -2.06. The molecule has 3 amide bonds. The number of hydrogen-bond acceptors (Lipinski definition) is 4. The number of hydrogen-bond donors (Lipinski definition) is 3. The van der Waals surface area contributed by atoms with Crippen molar-refractivity contribution in [3.63, 3.8) is 0 Å². The number of Topliss-reactive ketones (excluding diaryl/α,β-unsaturated/α-hetero) is 2. The van der Waals surface area contributed by atoms with E-state index < -0.39 is 35.3 Å². The first-order valence-electron chi connectivity index (χ1n) is 7.85. The maximum atomic E-state index is 12.4. The number of nitrogens with one attached hydrogen (secondary N) is 2. The Morgan fingerprint density at radius 2 is 1.62 bits per heavy atom. The fourth-order valence-electron chi connectivity index (χ4n) is 2.43. The van der Waals surface area contributed by atoms with Gasteiger partial charge in [0.25, 0.3) is 0 Å². The number of urea groups is 1. The van der Waals surface area contributed by atoms with Gasteiger partial charge in [-0.2, -0.15) is 0 Å². The van der Waals surface area contributed by atoms with E-state index in [1.807, 2.05) is 6.07 Å². The summed E-state index contributed by atoms with van der Waals surface area (Å²) in [5, 5.41) is 13.7. The molecule has 8 nitrogen and oxygen atoms in total. The van der Waals surface area contributed by atoms with Gasteiger partial charge in [-0.3, -0.25) is 9.59 Å². The Morgan fingerprint density at radius 3 is 2.04 bits per heavy atom. The average Bonchev–Trinajstić information content (AvgIpc) is 2.56. The number of carbonyl (C=O) groups excluding carboxylic acids is 3. The predicted octanol–water partition coefficient (Wildman–Crippen LogP) is 1.52. The molecule has 3 N–H and O–H groups in total. The third-order valence-corrected chi connectivity index (χ3v) is 3.85. The fourth-order valence-corrected chi connectivity index (χ4v) is 2.43. The standard InChI is InChI=1S/C18H23N3O5/c1-12(22)18(13(2)23,20-16(24)21(3)4)15(19-17(25)26)11-10-14-8-6-5-7-9-14/h5-11,15,19H,1-4H3,(H,20,24)(H,25,26). The van der Waals surface area contributed by atoms with Crippen LogP contribution in [0.2, 0.25) is 0 Å². The van der Waals surface area contributed by atoms with E-state index in [-0.39, 0.29) is 0 Å². The van der Waals surface area contributed by atoms with E-state index in [1.165, 1.54) is 20.2 Å². The quantitative estimate of drug-likeness (QED) is 0.637. The van der Waals surface area contributed by atoms with E-state index in [9.17, 15) is 19.2 Å². The van der Waals surface area contributed by atoms with Crippen LogP contribution in [0.3, 0.4) is 0 Å². The second-order valence-corrected chi connectivity index (χ2v) is 5.94. The summed E-state index contributed by atoms with van der Waals surface area (Å²) in [6, 6.07) is 6.95. The number of nitrogens with zero attached hydrogens (tertiary/aromatic N) is 1. The molecule has 0 bridgehead atoms. The van der Waals surface area contributed by atoms with Gasteiger partial charge in [0.1, 0.15) is 0 Å². The van der Waals surface area contributed by atoms with Gasteiger partial charge in [0, 0.05) is 14.1 Å². The van der Waals surface area contributed by atoms with Gasteiger partial charge in [-0.15, -0.1) is 0 Å². The molecule has 0 saturated carbocycles. The van der Waals surface area contributed by atoms with Crippen molar-refractivity contribution in [2.24, 2.45) is 0 Å². The third kappa shape index (κ3) is 4.92. The molecule has 0 aromatic heterocycles. The first-order chi connectivity index (χ1) is 12.1. The molecular weight excluding hydrogens is 338 g/mol. The highest BCUT2D eigenvalue weighted by atomic mass is 16.4. The molecule has 0 radical (unpaired) electrons. The highest BCUT2D eigenvalue weighted by Crippen LogP contribution is 2.18. The molecule has 140 valence electrons. The summed E-state index contributed by atoms with van der Waals surface area (Å²) >= 11 is 0.